The maximum atomic E-state index is 10.0. The van der Waals surface area contributed by atoms with Crippen LogP contribution in [0.25, 0.3) is 0 Å². The van der Waals surface area contributed by atoms with Crippen LogP contribution in [0.1, 0.15) is 0 Å². The van der Waals surface area contributed by atoms with Crippen LogP contribution in [0.3, 0.4) is 0 Å². The number of hydrogen-bond acceptors (Lipinski definition) is 1. The average Bonchev–Trinajstić information content (AvgIpc) is 0.592. The molecule has 0 spiro atoms. The summed E-state index contributed by atoms with van der Waals surface area (Å²) in [5.41, 5.74) is 0. The molecular formula is F5KNbO. The molecule has 0 aromatic carbocycles. The zero-order valence-electron chi connectivity index (χ0n) is 3.75. The Morgan fingerprint density at radius 2 is 0.875 bits per heavy atom. The first-order valence-corrected chi connectivity index (χ1v) is 6.08. The Morgan fingerprint density at radius 3 is 0.875 bits per heavy atom. The Labute approximate surface area is 85.3 Å². The van der Waals surface area contributed by atoms with E-state index in [1.165, 1.54) is 0 Å². The van der Waals surface area contributed by atoms with Crippen molar-refractivity contribution in [1.82, 2.24) is 0 Å². The third-order valence-corrected chi connectivity index (χ3v) is 0. The third-order valence-electron chi connectivity index (χ3n) is 0. The van der Waals surface area contributed by atoms with E-state index in [0.717, 1.165) is 0 Å². The van der Waals surface area contributed by atoms with Crippen LogP contribution >= 0.6 is 0 Å². The van der Waals surface area contributed by atoms with Gasteiger partial charge in [-0.2, -0.15) is 0 Å². The van der Waals surface area contributed by atoms with Gasteiger partial charge in [0, 0.05) is 0 Å². The van der Waals surface area contributed by atoms with Gasteiger partial charge in [0.25, 0.3) is 0 Å². The Balaban J connectivity index is 0. The van der Waals surface area contributed by atoms with Crippen LogP contribution in [0.15, 0.2) is 0 Å². The summed E-state index contributed by atoms with van der Waals surface area (Å²) >= 11 is -11.0. The molecule has 0 aliphatic carbocycles. The molecule has 0 aromatic heterocycles. The second kappa shape index (κ2) is 1.91. The Hall–Kier alpha value is 1.83. The van der Waals surface area contributed by atoms with Crippen molar-refractivity contribution in [2.24, 2.45) is 0 Å². The Morgan fingerprint density at radius 1 is 0.875 bits per heavy atom. The number of hydrogen-bond donors (Lipinski definition) is 0. The monoisotopic (exact) mass is 243 g/mol. The zero-order valence-corrected chi connectivity index (χ0v) is 9.07. The predicted molar refractivity (Wildman–Crippen MR) is 6.23 cm³/mol. The van der Waals surface area contributed by atoms with Crippen LogP contribution in [0, 0.1) is 0 Å². The van der Waals surface area contributed by atoms with Crippen molar-refractivity contribution in [2.75, 3.05) is 0 Å². The van der Waals surface area contributed by atoms with Crippen molar-refractivity contribution in [2.45, 2.75) is 0 Å². The molecule has 47 valence electrons. The maximum absolute atomic E-state index is 11.0. The standard InChI is InChI=1S/5FH.K.Nb.O/h5*1H;;;/q;;;;;+1;+4;/p-5. The summed E-state index contributed by atoms with van der Waals surface area (Å²) < 4.78 is 58.3. The predicted octanol–water partition coefficient (Wildman–Crippen LogP) is -1.02. The molecule has 8 heteroatoms. The van der Waals surface area contributed by atoms with E-state index in [2.05, 4.69) is 0 Å². The molecule has 0 unspecified atom stereocenters. The van der Waals surface area contributed by atoms with Gasteiger partial charge >= 0.3 is 87.0 Å². The van der Waals surface area contributed by atoms with Gasteiger partial charge in [0.1, 0.15) is 0 Å². The van der Waals surface area contributed by atoms with Crippen LogP contribution in [0.4, 0.5) is 15.1 Å². The SMILES string of the molecule is [K+].[O]=[Nb-]([F])([F])([F])([F])[F]. The second-order valence-corrected chi connectivity index (χ2v) is 5.82. The Kier molecular flexibility index (Phi) is 2.98. The van der Waals surface area contributed by atoms with Crippen molar-refractivity contribution in [1.29, 1.82) is 0 Å². The van der Waals surface area contributed by atoms with Gasteiger partial charge < -0.3 is 0 Å². The van der Waals surface area contributed by atoms with Crippen molar-refractivity contribution < 1.29 is 87.0 Å². The minimum atomic E-state index is -11.0. The molecule has 0 saturated carbocycles. The molecule has 0 radical (unpaired) electrons. The van der Waals surface area contributed by atoms with Crippen LogP contribution in [0.5, 0.6) is 0 Å². The van der Waals surface area contributed by atoms with Crippen LogP contribution < -0.4 is 51.4 Å². The third kappa shape index (κ3) is 109. The molecule has 0 bridgehead atoms. The van der Waals surface area contributed by atoms with Gasteiger partial charge in [0.15, 0.2) is 0 Å². The summed E-state index contributed by atoms with van der Waals surface area (Å²) in [4.78, 5) is 0. The molecule has 0 aliphatic heterocycles. The summed E-state index contributed by atoms with van der Waals surface area (Å²) in [5, 5.41) is 0. The molecule has 0 atom stereocenters. The van der Waals surface area contributed by atoms with E-state index in [1.807, 2.05) is 0 Å². The van der Waals surface area contributed by atoms with E-state index in [4.69, 9.17) is 3.25 Å². The average molecular weight is 243 g/mol. The molecule has 0 aromatic rings. The van der Waals surface area contributed by atoms with Crippen LogP contribution in [-0.2, 0) is 20.5 Å². The van der Waals surface area contributed by atoms with Crippen molar-refractivity contribution in [3.63, 3.8) is 0 Å². The molecule has 1 nitrogen and oxygen atoms in total. The van der Waals surface area contributed by atoms with Gasteiger partial charge in [0.2, 0.25) is 0 Å². The summed E-state index contributed by atoms with van der Waals surface area (Å²) in [6, 6.07) is 0. The van der Waals surface area contributed by atoms with E-state index in [9.17, 15) is 15.1 Å². The molecule has 0 N–H and O–H groups in total. The zero-order chi connectivity index (χ0) is 6.41. The molecule has 0 rings (SSSR count). The van der Waals surface area contributed by atoms with Gasteiger partial charge in [0.05, 0.1) is 0 Å². The van der Waals surface area contributed by atoms with E-state index < -0.39 is 17.2 Å². The fraction of sp³-hybridized carbons (Fsp3) is 0. The molecule has 0 aliphatic rings. The molecule has 0 heterocycles. The molecule has 8 heavy (non-hydrogen) atoms. The second-order valence-electron chi connectivity index (χ2n) is 0.984. The number of rotatable bonds is 0. The first-order chi connectivity index (χ1) is 2.45. The first kappa shape index (κ1) is 12.5. The fourth-order valence-corrected chi connectivity index (χ4v) is 0. The summed E-state index contributed by atoms with van der Waals surface area (Å²) in [7, 11) is 0. The van der Waals surface area contributed by atoms with Gasteiger partial charge in [-0.3, -0.25) is 0 Å². The van der Waals surface area contributed by atoms with Gasteiger partial charge in [-0.25, -0.2) is 0 Å². The number of halogens is 5. The van der Waals surface area contributed by atoms with Crippen molar-refractivity contribution in [3.8, 4) is 0 Å². The first-order valence-electron chi connectivity index (χ1n) is 1.03. The normalized spacial score (nSPS) is 20.1. The van der Waals surface area contributed by atoms with Gasteiger partial charge in [-0.1, -0.05) is 0 Å². The summed E-state index contributed by atoms with van der Waals surface area (Å²) in [6.45, 7) is 0. The van der Waals surface area contributed by atoms with Gasteiger partial charge in [-0.05, 0) is 0 Å². The molecule has 0 amide bonds. The molecular weight excluding hydrogens is 243 g/mol. The van der Waals surface area contributed by atoms with E-state index in [-0.39, 0.29) is 51.4 Å². The quantitative estimate of drug-likeness (QED) is 0.393. The molecule has 0 saturated heterocycles. The van der Waals surface area contributed by atoms with Gasteiger partial charge in [-0.15, -0.1) is 0 Å². The Bertz CT molecular complexity index is 130. The minimum absolute atomic E-state index is 0. The fourth-order valence-electron chi connectivity index (χ4n) is 0. The van der Waals surface area contributed by atoms with Crippen molar-refractivity contribution in [3.05, 3.63) is 0 Å². The molecule has 0 fully saturated rings. The van der Waals surface area contributed by atoms with Crippen LogP contribution in [-0.4, -0.2) is 0 Å². The van der Waals surface area contributed by atoms with E-state index in [1.54, 1.807) is 0 Å². The van der Waals surface area contributed by atoms with Crippen molar-refractivity contribution >= 4 is 0 Å². The topological polar surface area (TPSA) is 17.1 Å². The summed E-state index contributed by atoms with van der Waals surface area (Å²) in [6.07, 6.45) is 0. The van der Waals surface area contributed by atoms with Crippen LogP contribution in [0.2, 0.25) is 0 Å². The van der Waals surface area contributed by atoms with E-state index >= 15 is 0 Å². The summed E-state index contributed by atoms with van der Waals surface area (Å²) in [5.74, 6) is 0. The van der Waals surface area contributed by atoms with E-state index in [0.29, 0.717) is 0 Å².